The number of aromatic nitrogens is 2. The van der Waals surface area contributed by atoms with E-state index in [1.807, 2.05) is 0 Å². The molecule has 0 aliphatic rings. The molecule has 0 fully saturated rings. The average molecular weight is 266 g/mol. The van der Waals surface area contributed by atoms with Crippen molar-refractivity contribution in [3.8, 4) is 22.9 Å². The maximum atomic E-state index is 12.7. The van der Waals surface area contributed by atoms with Gasteiger partial charge in [-0.25, -0.2) is 0 Å². The summed E-state index contributed by atoms with van der Waals surface area (Å²) in [4.78, 5) is 1.58. The highest BCUT2D eigenvalue weighted by atomic mass is 16.3. The molecule has 0 aliphatic carbocycles. The van der Waals surface area contributed by atoms with Gasteiger partial charge in [0, 0.05) is 11.0 Å². The highest BCUT2D eigenvalue weighted by molar-refractivity contribution is 5.98. The van der Waals surface area contributed by atoms with Crippen LogP contribution in [0.1, 0.15) is 2.74 Å². The summed E-state index contributed by atoms with van der Waals surface area (Å²) in [6, 6.07) is 8.93. The SMILES string of the molecule is [2H]c1cccc2c1c([O-])c(-c1c([O-])c3c([2H])cccc3n1[2H])n2[2H]. The molecule has 20 heavy (non-hydrogen) atoms. The van der Waals surface area contributed by atoms with Gasteiger partial charge in [-0.2, -0.15) is 0 Å². The van der Waals surface area contributed by atoms with Crippen molar-refractivity contribution >= 4 is 21.8 Å². The van der Waals surface area contributed by atoms with Crippen LogP contribution in [0.2, 0.25) is 2.82 Å². The van der Waals surface area contributed by atoms with E-state index in [0.717, 1.165) is 9.95 Å². The van der Waals surface area contributed by atoms with Crippen LogP contribution in [0.4, 0.5) is 0 Å². The van der Waals surface area contributed by atoms with Crippen LogP contribution in [0.25, 0.3) is 33.2 Å². The zero-order chi connectivity index (χ0) is 17.2. The molecule has 0 unspecified atom stereocenters. The third-order valence-corrected chi connectivity index (χ3v) is 3.24. The fourth-order valence-electron chi connectivity index (χ4n) is 2.31. The summed E-state index contributed by atoms with van der Waals surface area (Å²) >= 11 is 0. The number of hydrogen-bond donors (Lipinski definition) is 2. The van der Waals surface area contributed by atoms with E-state index >= 15 is 0 Å². The Kier molecular flexibility index (Phi) is 1.45. The van der Waals surface area contributed by atoms with Crippen molar-refractivity contribution in [3.05, 3.63) is 48.5 Å². The van der Waals surface area contributed by atoms with Crippen molar-refractivity contribution in [1.29, 1.82) is 0 Å². The largest absolute Gasteiger partial charge is 0.871 e. The van der Waals surface area contributed by atoms with Crippen LogP contribution < -0.4 is 10.2 Å². The van der Waals surface area contributed by atoms with Crippen LogP contribution in [-0.2, 0) is 0 Å². The zero-order valence-electron chi connectivity index (χ0n) is 14.2. The zero-order valence-corrected chi connectivity index (χ0v) is 10.2. The number of hydrogen-bond acceptors (Lipinski definition) is 2. The molecule has 2 heterocycles. The predicted molar refractivity (Wildman–Crippen MR) is 74.5 cm³/mol. The van der Waals surface area contributed by atoms with Gasteiger partial charge >= 0.3 is 0 Å². The van der Waals surface area contributed by atoms with Gasteiger partial charge in [0.25, 0.3) is 0 Å². The molecule has 2 aromatic carbocycles. The minimum Gasteiger partial charge on any atom is -0.871 e. The quantitative estimate of drug-likeness (QED) is 0.555. The van der Waals surface area contributed by atoms with E-state index in [2.05, 4.69) is 0 Å². The Balaban J connectivity index is 2.19. The number of nitrogens with one attached hydrogen (secondary N) is 2. The number of fused-ring (bicyclic) bond motifs is 2. The van der Waals surface area contributed by atoms with Crippen LogP contribution in [0, 0.1) is 0 Å². The summed E-state index contributed by atoms with van der Waals surface area (Å²) in [5.74, 6) is -1.27. The van der Waals surface area contributed by atoms with Gasteiger partial charge in [0.2, 0.25) is 0 Å². The number of aromatic amines is 2. The standard InChI is InChI=1S/C16H12N2O2/c19-15-9-5-1-3-7-11(9)17-13(15)14-16(20)10-6-2-4-8-12(10)18-14/h1-8,17-20H/p-2/i5D,6D/hD2. The van der Waals surface area contributed by atoms with Gasteiger partial charge in [-0.1, -0.05) is 47.8 Å². The molecule has 4 aromatic rings. The summed E-state index contributed by atoms with van der Waals surface area (Å²) in [5.41, 5.74) is -0.114. The summed E-state index contributed by atoms with van der Waals surface area (Å²) in [6.45, 7) is 0. The Morgan fingerprint density at radius 2 is 1.25 bits per heavy atom. The lowest BCUT2D eigenvalue weighted by molar-refractivity contribution is -0.268. The molecule has 0 aliphatic heterocycles. The second kappa shape index (κ2) is 3.81. The summed E-state index contributed by atoms with van der Waals surface area (Å²) in [7, 11) is 0. The van der Waals surface area contributed by atoms with Gasteiger partial charge in [-0.3, -0.25) is 0 Å². The molecular formula is C16H10N2O2-2. The molecule has 0 spiro atoms. The molecule has 0 atom stereocenters. The highest BCUT2D eigenvalue weighted by Gasteiger charge is 2.10. The van der Waals surface area contributed by atoms with Crippen LogP contribution >= 0.6 is 0 Å². The van der Waals surface area contributed by atoms with E-state index in [9.17, 15) is 10.2 Å². The lowest BCUT2D eigenvalue weighted by Crippen LogP contribution is -1.95. The second-order valence-electron chi connectivity index (χ2n) is 4.44. The molecule has 98 valence electrons. The monoisotopic (exact) mass is 266 g/mol. The van der Waals surface area contributed by atoms with E-state index in [0.29, 0.717) is 0 Å². The third kappa shape index (κ3) is 1.36. The van der Waals surface area contributed by atoms with Crippen molar-refractivity contribution < 1.29 is 15.8 Å². The van der Waals surface area contributed by atoms with Gasteiger partial charge < -0.3 is 20.2 Å². The Labute approximate surface area is 120 Å². The van der Waals surface area contributed by atoms with E-state index in [1.54, 1.807) is 12.1 Å². The van der Waals surface area contributed by atoms with Crippen molar-refractivity contribution in [2.45, 2.75) is 0 Å². The van der Waals surface area contributed by atoms with Crippen LogP contribution in [0.3, 0.4) is 0 Å². The van der Waals surface area contributed by atoms with Gasteiger partial charge in [0.05, 0.1) is 14.1 Å². The Morgan fingerprint density at radius 3 is 1.65 bits per heavy atom. The Hall–Kier alpha value is -2.88. The van der Waals surface area contributed by atoms with Crippen molar-refractivity contribution in [1.82, 2.24) is 9.95 Å². The van der Waals surface area contributed by atoms with Crippen molar-refractivity contribution in [2.75, 3.05) is 0 Å². The van der Waals surface area contributed by atoms with Gasteiger partial charge in [-0.05, 0) is 22.9 Å². The number of benzene rings is 2. The first-order valence-corrected chi connectivity index (χ1v) is 6.04. The highest BCUT2D eigenvalue weighted by Crippen LogP contribution is 2.39. The fourth-order valence-corrected chi connectivity index (χ4v) is 2.31. The molecule has 4 rings (SSSR count). The normalized spacial score (nSPS) is 14.2. The van der Waals surface area contributed by atoms with Gasteiger partial charge in [0.1, 0.15) is 0 Å². The Bertz CT molecular complexity index is 1040. The number of rotatable bonds is 1. The first-order valence-electron chi connectivity index (χ1n) is 7.94. The lowest BCUT2D eigenvalue weighted by Gasteiger charge is -2.11. The van der Waals surface area contributed by atoms with Gasteiger partial charge in [-0.15, -0.1) is 0 Å². The molecule has 0 amide bonds. The summed E-state index contributed by atoms with van der Waals surface area (Å²) in [6.07, 6.45) is 0. The van der Waals surface area contributed by atoms with E-state index < -0.39 is 11.5 Å². The van der Waals surface area contributed by atoms with Crippen LogP contribution in [0.15, 0.2) is 48.5 Å². The van der Waals surface area contributed by atoms with Crippen molar-refractivity contribution in [2.24, 2.45) is 0 Å². The molecular weight excluding hydrogens is 252 g/mol. The summed E-state index contributed by atoms with van der Waals surface area (Å²) < 4.78 is 32.1. The molecule has 4 nitrogen and oxygen atoms in total. The molecule has 0 saturated carbocycles. The van der Waals surface area contributed by atoms with Crippen LogP contribution in [0.5, 0.6) is 11.5 Å². The van der Waals surface area contributed by atoms with Crippen LogP contribution in [-0.4, -0.2) is 9.95 Å². The Morgan fingerprint density at radius 1 is 0.800 bits per heavy atom. The second-order valence-corrected chi connectivity index (χ2v) is 4.44. The fraction of sp³-hybridized carbons (Fsp3) is 0. The van der Waals surface area contributed by atoms with Gasteiger partial charge in [0.15, 0.2) is 2.82 Å². The summed E-state index contributed by atoms with van der Waals surface area (Å²) in [5, 5.41) is 25.5. The minimum absolute atomic E-state index is 0.0361. The topological polar surface area (TPSA) is 77.7 Å². The van der Waals surface area contributed by atoms with E-state index in [1.165, 1.54) is 24.3 Å². The lowest BCUT2D eigenvalue weighted by atomic mass is 10.2. The van der Waals surface area contributed by atoms with E-state index in [4.69, 9.17) is 5.57 Å². The third-order valence-electron chi connectivity index (χ3n) is 3.24. The minimum atomic E-state index is -0.634. The molecule has 0 saturated heterocycles. The average Bonchev–Trinajstić information content (AvgIpc) is 2.94. The molecule has 0 bridgehead atoms. The number of para-hydroxylation sites is 2. The number of H-pyrrole nitrogens is 2. The van der Waals surface area contributed by atoms with Crippen molar-refractivity contribution in [3.63, 3.8) is 0 Å². The molecule has 2 aromatic heterocycles. The first-order chi connectivity index (χ1) is 11.4. The predicted octanol–water partition coefficient (Wildman–Crippen LogP) is 2.46. The molecule has 4 heteroatoms. The smallest absolute Gasteiger partial charge is 0.167 e. The first kappa shape index (κ1) is 7.65. The molecule has 2 N–H and O–H groups in total. The van der Waals surface area contributed by atoms with E-state index in [-0.39, 0.29) is 45.3 Å². The molecule has 0 radical (unpaired) electrons. The maximum absolute atomic E-state index is 12.7. The maximum Gasteiger partial charge on any atom is 0.167 e.